The van der Waals surface area contributed by atoms with Crippen LogP contribution >= 0.6 is 11.3 Å². The number of sulfonamides is 1. The largest absolute Gasteiger partial charge is 0.326 e. The number of aryl methyl sites for hydroxylation is 1. The number of hydrogen-bond acceptors (Lipinski definition) is 4. The van der Waals surface area contributed by atoms with Gasteiger partial charge in [-0.25, -0.2) is 8.42 Å². The molecule has 3 rings (SSSR count). The molecule has 0 atom stereocenters. The number of benzene rings is 1. The Morgan fingerprint density at radius 1 is 1.29 bits per heavy atom. The van der Waals surface area contributed by atoms with Gasteiger partial charge in [0, 0.05) is 24.5 Å². The van der Waals surface area contributed by atoms with Crippen LogP contribution in [0.15, 0.2) is 34.5 Å². The Morgan fingerprint density at radius 3 is 2.67 bits per heavy atom. The number of fused-ring (bicyclic) bond motifs is 1. The lowest BCUT2D eigenvalue weighted by molar-refractivity contribution is 0.392. The van der Waals surface area contributed by atoms with E-state index in [0.29, 0.717) is 23.8 Å². The van der Waals surface area contributed by atoms with Crippen molar-refractivity contribution >= 4 is 21.4 Å². The molecule has 2 N–H and O–H groups in total. The van der Waals surface area contributed by atoms with Gasteiger partial charge in [0.15, 0.2) is 0 Å². The van der Waals surface area contributed by atoms with Gasteiger partial charge in [-0.3, -0.25) is 0 Å². The third-order valence-corrected chi connectivity index (χ3v) is 7.43. The molecule has 4 nitrogen and oxygen atoms in total. The highest BCUT2D eigenvalue weighted by atomic mass is 32.2. The fourth-order valence-corrected chi connectivity index (χ4v) is 5.66. The summed E-state index contributed by atoms with van der Waals surface area (Å²) in [6.45, 7) is 3.28. The van der Waals surface area contributed by atoms with Crippen LogP contribution in [-0.2, 0) is 29.5 Å². The molecule has 1 aliphatic heterocycles. The van der Waals surface area contributed by atoms with Gasteiger partial charge < -0.3 is 5.73 Å². The zero-order valence-electron chi connectivity index (χ0n) is 11.9. The molecule has 1 aliphatic rings. The summed E-state index contributed by atoms with van der Waals surface area (Å²) in [5, 5.41) is 0. The summed E-state index contributed by atoms with van der Waals surface area (Å²) in [5.74, 6) is 0. The maximum atomic E-state index is 12.8. The topological polar surface area (TPSA) is 63.4 Å². The average Bonchev–Trinajstić information content (AvgIpc) is 2.88. The SMILES string of the molecule is Cc1cc(S(=O)(=O)N2CCc3ccccc3C2)sc1CN. The maximum Gasteiger partial charge on any atom is 0.252 e. The van der Waals surface area contributed by atoms with E-state index < -0.39 is 10.0 Å². The van der Waals surface area contributed by atoms with Crippen molar-refractivity contribution in [3.63, 3.8) is 0 Å². The first-order valence-electron chi connectivity index (χ1n) is 6.88. The predicted octanol–water partition coefficient (Wildman–Crippen LogP) is 2.26. The van der Waals surface area contributed by atoms with E-state index in [9.17, 15) is 8.42 Å². The van der Waals surface area contributed by atoms with Crippen molar-refractivity contribution in [1.82, 2.24) is 4.31 Å². The molecule has 0 radical (unpaired) electrons. The van der Waals surface area contributed by atoms with E-state index in [4.69, 9.17) is 5.73 Å². The molecule has 0 aliphatic carbocycles. The molecule has 21 heavy (non-hydrogen) atoms. The van der Waals surface area contributed by atoms with E-state index in [2.05, 4.69) is 6.07 Å². The molecule has 1 aromatic heterocycles. The standard InChI is InChI=1S/C15H18N2O2S2/c1-11-8-15(20-14(11)9-16)21(18,19)17-7-6-12-4-2-3-5-13(12)10-17/h2-5,8H,6-7,9-10,16H2,1H3. The Labute approximate surface area is 129 Å². The van der Waals surface area contributed by atoms with Crippen LogP contribution in [0, 0.1) is 6.92 Å². The lowest BCUT2D eigenvalue weighted by Gasteiger charge is -2.27. The van der Waals surface area contributed by atoms with Gasteiger partial charge in [0.2, 0.25) is 0 Å². The van der Waals surface area contributed by atoms with Gasteiger partial charge in [-0.15, -0.1) is 11.3 Å². The first-order chi connectivity index (χ1) is 10.0. The lowest BCUT2D eigenvalue weighted by atomic mass is 10.0. The van der Waals surface area contributed by atoms with Gasteiger partial charge >= 0.3 is 0 Å². The minimum absolute atomic E-state index is 0.384. The van der Waals surface area contributed by atoms with Gasteiger partial charge in [0.05, 0.1) is 0 Å². The van der Waals surface area contributed by atoms with Crippen LogP contribution in [0.25, 0.3) is 0 Å². The van der Waals surface area contributed by atoms with Crippen LogP contribution < -0.4 is 5.73 Å². The van der Waals surface area contributed by atoms with Gasteiger partial charge in [-0.1, -0.05) is 24.3 Å². The van der Waals surface area contributed by atoms with Crippen LogP contribution in [-0.4, -0.2) is 19.3 Å². The highest BCUT2D eigenvalue weighted by Gasteiger charge is 2.29. The molecule has 0 unspecified atom stereocenters. The normalized spacial score (nSPS) is 15.9. The molecular formula is C15H18N2O2S2. The minimum atomic E-state index is -3.42. The predicted molar refractivity (Wildman–Crippen MR) is 84.7 cm³/mol. The van der Waals surface area contributed by atoms with Crippen LogP contribution in [0.2, 0.25) is 0 Å². The minimum Gasteiger partial charge on any atom is -0.326 e. The van der Waals surface area contributed by atoms with Crippen molar-refractivity contribution in [2.45, 2.75) is 30.6 Å². The Hall–Kier alpha value is -1.21. The highest BCUT2D eigenvalue weighted by Crippen LogP contribution is 2.31. The third-order valence-electron chi connectivity index (χ3n) is 3.87. The van der Waals surface area contributed by atoms with Gasteiger partial charge in [0.25, 0.3) is 10.0 Å². The zero-order chi connectivity index (χ0) is 15.0. The van der Waals surface area contributed by atoms with Crippen molar-refractivity contribution in [3.8, 4) is 0 Å². The first-order valence-corrected chi connectivity index (χ1v) is 9.14. The summed E-state index contributed by atoms with van der Waals surface area (Å²) in [6.07, 6.45) is 0.767. The number of hydrogen-bond donors (Lipinski definition) is 1. The number of rotatable bonds is 3. The summed E-state index contributed by atoms with van der Waals surface area (Å²) in [6, 6.07) is 9.77. The van der Waals surface area contributed by atoms with Crippen LogP contribution in [0.5, 0.6) is 0 Å². The van der Waals surface area contributed by atoms with Crippen LogP contribution in [0.4, 0.5) is 0 Å². The van der Waals surface area contributed by atoms with Crippen molar-refractivity contribution in [2.24, 2.45) is 5.73 Å². The van der Waals surface area contributed by atoms with Crippen molar-refractivity contribution in [3.05, 3.63) is 51.9 Å². The van der Waals surface area contributed by atoms with Gasteiger partial charge in [-0.05, 0) is 36.1 Å². The zero-order valence-corrected chi connectivity index (χ0v) is 13.5. The Kier molecular flexibility index (Phi) is 3.88. The second kappa shape index (κ2) is 5.53. The maximum absolute atomic E-state index is 12.8. The molecule has 112 valence electrons. The summed E-state index contributed by atoms with van der Waals surface area (Å²) in [7, 11) is -3.42. The summed E-state index contributed by atoms with van der Waals surface area (Å²) < 4.78 is 27.5. The molecule has 0 amide bonds. The van der Waals surface area contributed by atoms with E-state index in [1.807, 2.05) is 25.1 Å². The third kappa shape index (κ3) is 2.64. The van der Waals surface area contributed by atoms with Crippen molar-refractivity contribution in [1.29, 1.82) is 0 Å². The average molecular weight is 322 g/mol. The molecule has 0 saturated carbocycles. The second-order valence-electron chi connectivity index (χ2n) is 5.23. The molecule has 2 heterocycles. The fraction of sp³-hybridized carbons (Fsp3) is 0.333. The molecule has 0 bridgehead atoms. The van der Waals surface area contributed by atoms with E-state index in [-0.39, 0.29) is 0 Å². The second-order valence-corrected chi connectivity index (χ2v) is 8.53. The quantitative estimate of drug-likeness (QED) is 0.943. The first kappa shape index (κ1) is 14.7. The monoisotopic (exact) mass is 322 g/mol. The van der Waals surface area contributed by atoms with Gasteiger partial charge in [0.1, 0.15) is 4.21 Å². The van der Waals surface area contributed by atoms with E-state index in [1.165, 1.54) is 16.9 Å². The molecule has 0 spiro atoms. The number of nitrogens with zero attached hydrogens (tertiary/aromatic N) is 1. The Bertz CT molecular complexity index is 766. The number of nitrogens with two attached hydrogens (primary N) is 1. The van der Waals surface area contributed by atoms with Crippen molar-refractivity contribution in [2.75, 3.05) is 6.54 Å². The lowest BCUT2D eigenvalue weighted by Crippen LogP contribution is -2.35. The Morgan fingerprint density at radius 2 is 2.00 bits per heavy atom. The Balaban J connectivity index is 1.93. The molecule has 1 aromatic carbocycles. The molecule has 2 aromatic rings. The van der Waals surface area contributed by atoms with E-state index in [1.54, 1.807) is 10.4 Å². The summed E-state index contributed by atoms with van der Waals surface area (Å²) >= 11 is 1.29. The van der Waals surface area contributed by atoms with Crippen LogP contribution in [0.3, 0.4) is 0 Å². The van der Waals surface area contributed by atoms with E-state index >= 15 is 0 Å². The molecular weight excluding hydrogens is 304 g/mol. The highest BCUT2D eigenvalue weighted by molar-refractivity contribution is 7.91. The summed E-state index contributed by atoms with van der Waals surface area (Å²) in [4.78, 5) is 0.936. The van der Waals surface area contributed by atoms with Crippen LogP contribution in [0.1, 0.15) is 21.6 Å². The molecule has 6 heteroatoms. The molecule has 0 fully saturated rings. The molecule has 0 saturated heterocycles. The van der Waals surface area contributed by atoms with Crippen molar-refractivity contribution < 1.29 is 8.42 Å². The fourth-order valence-electron chi connectivity index (χ4n) is 2.62. The summed E-state index contributed by atoms with van der Waals surface area (Å²) in [5.41, 5.74) is 8.95. The van der Waals surface area contributed by atoms with Gasteiger partial charge in [-0.2, -0.15) is 4.31 Å². The number of thiophene rings is 1. The smallest absolute Gasteiger partial charge is 0.252 e. The van der Waals surface area contributed by atoms with E-state index in [0.717, 1.165) is 22.4 Å².